The maximum Gasteiger partial charge on any atom is 0.294 e. The number of amides is 1. The van der Waals surface area contributed by atoms with Gasteiger partial charge >= 0.3 is 0 Å². The first-order valence-electron chi connectivity index (χ1n) is 12.9. The molecule has 0 aliphatic carbocycles. The summed E-state index contributed by atoms with van der Waals surface area (Å²) in [5.41, 5.74) is 1.43. The Morgan fingerprint density at radius 3 is 1.93 bits per heavy atom. The highest BCUT2D eigenvalue weighted by Crippen LogP contribution is 2.40. The van der Waals surface area contributed by atoms with Gasteiger partial charge in [0.25, 0.3) is 26.1 Å². The molecule has 1 amide bonds. The summed E-state index contributed by atoms with van der Waals surface area (Å²) in [7, 11) is -8.75. The quantitative estimate of drug-likeness (QED) is 0.333. The highest BCUT2D eigenvalue weighted by molar-refractivity contribution is 7.86. The van der Waals surface area contributed by atoms with Crippen LogP contribution in [0.25, 0.3) is 0 Å². The van der Waals surface area contributed by atoms with E-state index in [-0.39, 0.29) is 15.4 Å². The lowest BCUT2D eigenvalue weighted by Crippen LogP contribution is -2.22. The van der Waals surface area contributed by atoms with Crippen LogP contribution in [-0.2, 0) is 25.0 Å². The summed E-state index contributed by atoms with van der Waals surface area (Å²) in [6, 6.07) is 8.98. The van der Waals surface area contributed by atoms with E-state index in [0.29, 0.717) is 35.3 Å². The van der Waals surface area contributed by atoms with Gasteiger partial charge in [0, 0.05) is 6.54 Å². The van der Waals surface area contributed by atoms with Crippen molar-refractivity contribution in [1.29, 1.82) is 0 Å². The molecular formula is C27H34N4O8S2. The van der Waals surface area contributed by atoms with Crippen LogP contribution in [0.2, 0.25) is 0 Å². The lowest BCUT2D eigenvalue weighted by atomic mass is 10.1. The summed E-state index contributed by atoms with van der Waals surface area (Å²) in [5.74, 6) is 0.276. The van der Waals surface area contributed by atoms with Gasteiger partial charge < -0.3 is 14.5 Å². The molecule has 2 aliphatic heterocycles. The predicted molar refractivity (Wildman–Crippen MR) is 156 cm³/mol. The van der Waals surface area contributed by atoms with Crippen LogP contribution in [-0.4, -0.2) is 68.6 Å². The number of ether oxygens (including phenoxy) is 1. The molecule has 0 unspecified atom stereocenters. The van der Waals surface area contributed by atoms with E-state index in [1.807, 2.05) is 6.92 Å². The Morgan fingerprint density at radius 2 is 1.44 bits per heavy atom. The van der Waals surface area contributed by atoms with Crippen molar-refractivity contribution in [1.82, 2.24) is 4.90 Å². The third-order valence-electron chi connectivity index (χ3n) is 6.49. The molecule has 0 atom stereocenters. The highest BCUT2D eigenvalue weighted by atomic mass is 32.2. The molecule has 0 fully saturated rings. The summed E-state index contributed by atoms with van der Waals surface area (Å²) in [5, 5.41) is 5.32. The topological polar surface area (TPSA) is 157 Å². The molecular weight excluding hydrogens is 572 g/mol. The minimum absolute atomic E-state index is 0.264. The van der Waals surface area contributed by atoms with Gasteiger partial charge in [-0.2, -0.15) is 26.9 Å². The van der Waals surface area contributed by atoms with E-state index in [1.165, 1.54) is 56.0 Å². The molecule has 2 aliphatic rings. The molecule has 0 saturated heterocycles. The second kappa shape index (κ2) is 13.0. The Morgan fingerprint density at radius 1 is 0.878 bits per heavy atom. The maximum atomic E-state index is 12.9. The number of benzene rings is 2. The molecule has 2 heterocycles. The van der Waals surface area contributed by atoms with E-state index < -0.39 is 26.1 Å². The van der Waals surface area contributed by atoms with Gasteiger partial charge in [-0.3, -0.25) is 13.9 Å². The van der Waals surface area contributed by atoms with Crippen LogP contribution in [0.15, 0.2) is 81.0 Å². The van der Waals surface area contributed by atoms with E-state index in [2.05, 4.69) is 30.8 Å². The fourth-order valence-corrected chi connectivity index (χ4v) is 5.14. The number of hydrogen-bond acceptors (Lipinski definition) is 9. The zero-order valence-electron chi connectivity index (χ0n) is 23.5. The fraction of sp³-hybridized carbons (Fsp3) is 0.333. The van der Waals surface area contributed by atoms with Crippen molar-refractivity contribution in [3.8, 4) is 5.75 Å². The number of carbonyl (C=O) groups is 1. The summed E-state index contributed by atoms with van der Waals surface area (Å²) in [6.07, 6.45) is 3.06. The highest BCUT2D eigenvalue weighted by Gasteiger charge is 2.30. The third-order valence-corrected chi connectivity index (χ3v) is 8.21. The lowest BCUT2D eigenvalue weighted by Gasteiger charge is -2.15. The standard InChI is InChI=1S/C21H19N3O8S2.C6H15N/c1-3-23-18-12-16(34(29,30)31)8-10-19(18)32-20(23)11-9-17-13(2)22-24(21(17)25)14-4-6-15(7-5-14)33(26,27)28;1-4-7(5-2)6-3/h4-12H,3H2,1-2H3,(H,26,27,28)(H,29,30,31);4-6H2,1-3H3/b17-9-,20-11+;. The average Bonchev–Trinajstić information content (AvgIpc) is 3.42. The Bertz CT molecular complexity index is 1590. The van der Waals surface area contributed by atoms with Gasteiger partial charge in [0.15, 0.2) is 5.75 Å². The number of hydrazone groups is 1. The molecule has 222 valence electrons. The Hall–Kier alpha value is -3.56. The Kier molecular flexibility index (Phi) is 10.1. The van der Waals surface area contributed by atoms with Gasteiger partial charge in [0.2, 0.25) is 5.88 Å². The first-order valence-corrected chi connectivity index (χ1v) is 15.8. The summed E-state index contributed by atoms with van der Waals surface area (Å²) >= 11 is 0. The zero-order valence-corrected chi connectivity index (χ0v) is 25.1. The summed E-state index contributed by atoms with van der Waals surface area (Å²) < 4.78 is 69.6. The number of fused-ring (bicyclic) bond motifs is 1. The van der Waals surface area contributed by atoms with Crippen molar-refractivity contribution < 1.29 is 35.5 Å². The van der Waals surface area contributed by atoms with Crippen molar-refractivity contribution in [2.45, 2.75) is 44.4 Å². The van der Waals surface area contributed by atoms with Crippen molar-refractivity contribution in [2.24, 2.45) is 5.10 Å². The minimum Gasteiger partial charge on any atom is -0.439 e. The van der Waals surface area contributed by atoms with Crippen LogP contribution in [0.5, 0.6) is 5.75 Å². The van der Waals surface area contributed by atoms with Gasteiger partial charge in [-0.25, -0.2) is 0 Å². The van der Waals surface area contributed by atoms with E-state index in [1.54, 1.807) is 17.9 Å². The van der Waals surface area contributed by atoms with Crippen LogP contribution in [0.1, 0.15) is 34.6 Å². The minimum atomic E-state index is -4.38. The lowest BCUT2D eigenvalue weighted by molar-refractivity contribution is -0.114. The molecule has 0 spiro atoms. The van der Waals surface area contributed by atoms with Crippen LogP contribution < -0.4 is 14.6 Å². The van der Waals surface area contributed by atoms with Crippen LogP contribution in [0.3, 0.4) is 0 Å². The van der Waals surface area contributed by atoms with E-state index in [0.717, 1.165) is 17.1 Å². The normalized spacial score (nSPS) is 17.1. The van der Waals surface area contributed by atoms with Crippen molar-refractivity contribution >= 4 is 43.2 Å². The van der Waals surface area contributed by atoms with Crippen molar-refractivity contribution in [3.05, 3.63) is 66.1 Å². The third kappa shape index (κ3) is 7.40. The molecule has 0 saturated carbocycles. The number of anilines is 2. The molecule has 14 heteroatoms. The van der Waals surface area contributed by atoms with Crippen molar-refractivity contribution in [3.63, 3.8) is 0 Å². The molecule has 12 nitrogen and oxygen atoms in total. The van der Waals surface area contributed by atoms with E-state index in [9.17, 15) is 26.2 Å². The van der Waals surface area contributed by atoms with Crippen LogP contribution >= 0.6 is 0 Å². The van der Waals surface area contributed by atoms with Gasteiger partial charge in [-0.1, -0.05) is 20.8 Å². The largest absolute Gasteiger partial charge is 0.439 e. The molecule has 4 rings (SSSR count). The van der Waals surface area contributed by atoms with E-state index >= 15 is 0 Å². The predicted octanol–water partition coefficient (Wildman–Crippen LogP) is 3.94. The molecule has 41 heavy (non-hydrogen) atoms. The number of allylic oxidation sites excluding steroid dienone is 2. The second-order valence-electron chi connectivity index (χ2n) is 8.93. The molecule has 2 aromatic rings. The second-order valence-corrected chi connectivity index (χ2v) is 11.8. The number of carbonyl (C=O) groups excluding carboxylic acids is 1. The number of rotatable bonds is 8. The first kappa shape index (κ1) is 32.0. The fourth-order valence-electron chi connectivity index (χ4n) is 4.16. The number of hydrogen-bond donors (Lipinski definition) is 2. The Labute approximate surface area is 240 Å². The average molecular weight is 607 g/mol. The number of nitrogens with zero attached hydrogens (tertiary/aromatic N) is 4. The van der Waals surface area contributed by atoms with Gasteiger partial charge in [-0.15, -0.1) is 0 Å². The van der Waals surface area contributed by atoms with Gasteiger partial charge in [0.05, 0.1) is 32.5 Å². The molecule has 0 radical (unpaired) electrons. The van der Waals surface area contributed by atoms with Gasteiger partial charge in [0.1, 0.15) is 0 Å². The maximum absolute atomic E-state index is 12.9. The molecule has 0 aromatic heterocycles. The van der Waals surface area contributed by atoms with Crippen molar-refractivity contribution in [2.75, 3.05) is 36.1 Å². The van der Waals surface area contributed by atoms with Crippen LogP contribution in [0, 0.1) is 0 Å². The van der Waals surface area contributed by atoms with Gasteiger partial charge in [-0.05, 0) is 88.1 Å². The molecule has 2 N–H and O–H groups in total. The SMILES string of the molecule is CCN(CC)CC.CCN1/C(=C\C=C2/C(=O)N(c3ccc(S(=O)(=O)O)cc3)N=C2C)Oc2ccc(S(=O)(=O)O)cc21. The Balaban J connectivity index is 0.000000587. The smallest absolute Gasteiger partial charge is 0.294 e. The molecule has 2 aromatic carbocycles. The first-order chi connectivity index (χ1) is 19.2. The monoisotopic (exact) mass is 606 g/mol. The zero-order chi connectivity index (χ0) is 30.5. The van der Waals surface area contributed by atoms with Crippen LogP contribution in [0.4, 0.5) is 11.4 Å². The summed E-state index contributed by atoms with van der Waals surface area (Å²) in [4.78, 5) is 16.4. The van der Waals surface area contributed by atoms with E-state index in [4.69, 9.17) is 9.29 Å². The summed E-state index contributed by atoms with van der Waals surface area (Å²) in [6.45, 7) is 14.0. The molecule has 0 bridgehead atoms.